The van der Waals surface area contributed by atoms with Crippen molar-refractivity contribution in [1.82, 2.24) is 20.1 Å². The quantitative estimate of drug-likeness (QED) is 0.147. The van der Waals surface area contributed by atoms with Crippen molar-refractivity contribution in [2.75, 3.05) is 0 Å². The van der Waals surface area contributed by atoms with Gasteiger partial charge in [-0.1, -0.05) is 23.6 Å². The standard InChI is InChI=1S/C34H27ClF7N5O3/c1-32(2,50)9-7-21-4-5-22(18-3-6-25(35)24(14-18)31(43)49)28(44-21)26(13-17-11-19(36)15-20(37)12-17)45-27(48)16-47-30-23(8-10-33(30,38)39)29(46-47)34(40,41)42/h3-6,11-12,14-15,26,50H,8,10,13,16H2,1-2H3,(H2,43,49)(H,45,48). The first-order valence-corrected chi connectivity index (χ1v) is 15.3. The van der Waals surface area contributed by atoms with Crippen LogP contribution in [0, 0.1) is 23.5 Å². The lowest BCUT2D eigenvalue weighted by atomic mass is 9.94. The van der Waals surface area contributed by atoms with Gasteiger partial charge in [-0.25, -0.2) is 13.8 Å². The van der Waals surface area contributed by atoms with Gasteiger partial charge in [0.25, 0.3) is 5.92 Å². The molecule has 16 heteroatoms. The van der Waals surface area contributed by atoms with Crippen LogP contribution in [0.15, 0.2) is 48.5 Å². The Bertz CT molecular complexity index is 2040. The first kappa shape index (κ1) is 36.3. The summed E-state index contributed by atoms with van der Waals surface area (Å²) in [5.74, 6) is -2.31. The number of halogens is 8. The van der Waals surface area contributed by atoms with Gasteiger partial charge in [-0.3, -0.25) is 14.3 Å². The van der Waals surface area contributed by atoms with Gasteiger partial charge in [-0.2, -0.15) is 27.1 Å². The number of nitrogens with one attached hydrogen (secondary N) is 1. The summed E-state index contributed by atoms with van der Waals surface area (Å²) in [5.41, 5.74) is 1.23. The summed E-state index contributed by atoms with van der Waals surface area (Å²) in [6.45, 7) is 1.74. The van der Waals surface area contributed by atoms with Crippen molar-refractivity contribution < 1.29 is 45.4 Å². The number of nitrogens with two attached hydrogens (primary N) is 1. The number of hydrogen-bond acceptors (Lipinski definition) is 5. The topological polar surface area (TPSA) is 123 Å². The van der Waals surface area contributed by atoms with E-state index in [2.05, 4.69) is 27.2 Å². The summed E-state index contributed by atoms with van der Waals surface area (Å²) < 4.78 is 99.6. The van der Waals surface area contributed by atoms with E-state index in [0.29, 0.717) is 10.7 Å². The van der Waals surface area contributed by atoms with Crippen LogP contribution in [0.2, 0.25) is 5.02 Å². The molecule has 5 rings (SSSR count). The molecule has 0 spiro atoms. The predicted molar refractivity (Wildman–Crippen MR) is 167 cm³/mol. The number of pyridine rings is 1. The maximum absolute atomic E-state index is 14.8. The monoisotopic (exact) mass is 721 g/mol. The molecular weight excluding hydrogens is 695 g/mol. The minimum atomic E-state index is -5.07. The summed E-state index contributed by atoms with van der Waals surface area (Å²) >= 11 is 6.14. The summed E-state index contributed by atoms with van der Waals surface area (Å²) in [6, 6.07) is 8.36. The van der Waals surface area contributed by atoms with Crippen LogP contribution < -0.4 is 11.1 Å². The van der Waals surface area contributed by atoms with Crippen LogP contribution in [0.5, 0.6) is 0 Å². The zero-order chi connectivity index (χ0) is 36.8. The number of rotatable bonds is 8. The van der Waals surface area contributed by atoms with Crippen molar-refractivity contribution >= 4 is 23.4 Å². The van der Waals surface area contributed by atoms with E-state index in [4.69, 9.17) is 17.3 Å². The summed E-state index contributed by atoms with van der Waals surface area (Å²) in [4.78, 5) is 30.2. The van der Waals surface area contributed by atoms with Crippen LogP contribution in [0.4, 0.5) is 30.7 Å². The Hall–Kier alpha value is -4.94. The second-order valence-electron chi connectivity index (χ2n) is 12.1. The van der Waals surface area contributed by atoms with Crippen molar-refractivity contribution in [3.63, 3.8) is 0 Å². The van der Waals surface area contributed by atoms with Gasteiger partial charge in [0.1, 0.15) is 35.2 Å². The molecule has 4 aromatic rings. The van der Waals surface area contributed by atoms with E-state index < -0.39 is 83.5 Å². The minimum absolute atomic E-state index is 0.00771. The fraction of sp³-hybridized carbons (Fsp3) is 0.294. The van der Waals surface area contributed by atoms with Crippen LogP contribution in [-0.4, -0.2) is 37.3 Å². The number of aliphatic hydroxyl groups is 1. The molecule has 1 aliphatic rings. The molecule has 0 fully saturated rings. The van der Waals surface area contributed by atoms with Crippen molar-refractivity contribution in [3.8, 4) is 23.0 Å². The number of carbonyl (C=O) groups is 2. The molecule has 0 saturated carbocycles. The highest BCUT2D eigenvalue weighted by atomic mass is 35.5. The molecule has 262 valence electrons. The molecule has 2 aromatic carbocycles. The molecule has 1 unspecified atom stereocenters. The molecule has 8 nitrogen and oxygen atoms in total. The number of hydrogen-bond donors (Lipinski definition) is 3. The van der Waals surface area contributed by atoms with E-state index in [-0.39, 0.29) is 45.1 Å². The van der Waals surface area contributed by atoms with Crippen LogP contribution in [0.3, 0.4) is 0 Å². The van der Waals surface area contributed by atoms with E-state index >= 15 is 0 Å². The van der Waals surface area contributed by atoms with E-state index in [1.807, 2.05) is 0 Å². The molecule has 2 aromatic heterocycles. The van der Waals surface area contributed by atoms with E-state index in [9.17, 15) is 45.4 Å². The average molecular weight is 722 g/mol. The molecule has 2 heterocycles. The lowest BCUT2D eigenvalue weighted by Crippen LogP contribution is -2.35. The Kier molecular flexibility index (Phi) is 9.75. The van der Waals surface area contributed by atoms with Gasteiger partial charge in [0, 0.05) is 23.6 Å². The van der Waals surface area contributed by atoms with E-state index in [0.717, 1.165) is 12.1 Å². The number of primary amides is 1. The normalized spacial score (nSPS) is 14.5. The number of benzene rings is 2. The Morgan fingerprint density at radius 1 is 1.10 bits per heavy atom. The van der Waals surface area contributed by atoms with Crippen molar-refractivity contribution in [1.29, 1.82) is 0 Å². The first-order chi connectivity index (χ1) is 23.2. The van der Waals surface area contributed by atoms with Crippen molar-refractivity contribution in [2.24, 2.45) is 5.73 Å². The maximum atomic E-state index is 14.8. The molecular formula is C34H27ClF7N5O3. The molecule has 0 radical (unpaired) electrons. The van der Waals surface area contributed by atoms with Gasteiger partial charge < -0.3 is 16.2 Å². The molecule has 4 N–H and O–H groups in total. The number of nitrogens with zero attached hydrogens (tertiary/aromatic N) is 3. The highest BCUT2D eigenvalue weighted by molar-refractivity contribution is 6.33. The fourth-order valence-corrected chi connectivity index (χ4v) is 5.81. The lowest BCUT2D eigenvalue weighted by Gasteiger charge is -2.23. The number of fused-ring (bicyclic) bond motifs is 1. The highest BCUT2D eigenvalue weighted by Gasteiger charge is 2.50. The third-order valence-corrected chi connectivity index (χ3v) is 7.97. The van der Waals surface area contributed by atoms with Crippen molar-refractivity contribution in [2.45, 2.75) is 63.4 Å². The Balaban J connectivity index is 1.64. The van der Waals surface area contributed by atoms with Crippen molar-refractivity contribution in [3.05, 3.63) is 105 Å². The molecule has 0 saturated heterocycles. The van der Waals surface area contributed by atoms with Gasteiger partial charge >= 0.3 is 6.18 Å². The highest BCUT2D eigenvalue weighted by Crippen LogP contribution is 2.46. The van der Waals surface area contributed by atoms with Crippen LogP contribution >= 0.6 is 11.6 Å². The summed E-state index contributed by atoms with van der Waals surface area (Å²) in [7, 11) is 0. The molecule has 0 bridgehead atoms. The largest absolute Gasteiger partial charge is 0.435 e. The van der Waals surface area contributed by atoms with Gasteiger partial charge in [0.15, 0.2) is 5.69 Å². The number of carbonyl (C=O) groups excluding carboxylic acids is 2. The van der Waals surface area contributed by atoms with Gasteiger partial charge in [-0.05, 0) is 80.1 Å². The van der Waals surface area contributed by atoms with Crippen LogP contribution in [0.1, 0.15) is 70.6 Å². The molecule has 1 atom stereocenters. The minimum Gasteiger partial charge on any atom is -0.378 e. The zero-order valence-electron chi connectivity index (χ0n) is 26.2. The molecule has 50 heavy (non-hydrogen) atoms. The first-order valence-electron chi connectivity index (χ1n) is 14.9. The van der Waals surface area contributed by atoms with E-state index in [1.54, 1.807) is 0 Å². The van der Waals surface area contributed by atoms with E-state index in [1.165, 1.54) is 44.2 Å². The summed E-state index contributed by atoms with van der Waals surface area (Å²) in [6.07, 6.45) is -6.95. The average Bonchev–Trinajstić information content (AvgIpc) is 3.52. The SMILES string of the molecule is CC(C)(O)C#Cc1ccc(-c2ccc(Cl)c(C(N)=O)c2)c(C(Cc2cc(F)cc(F)c2)NC(=O)Cn2nc(C(F)(F)F)c3c2C(F)(F)CC3)n1. The van der Waals surface area contributed by atoms with Crippen LogP contribution in [0.25, 0.3) is 11.1 Å². The predicted octanol–water partition coefficient (Wildman–Crippen LogP) is 6.26. The third kappa shape index (κ3) is 8.09. The smallest absolute Gasteiger partial charge is 0.378 e. The fourth-order valence-electron chi connectivity index (χ4n) is 5.60. The molecule has 2 amide bonds. The van der Waals surface area contributed by atoms with Crippen LogP contribution in [-0.2, 0) is 36.3 Å². The van der Waals surface area contributed by atoms with Gasteiger partial charge in [0.2, 0.25) is 11.8 Å². The Labute approximate surface area is 285 Å². The van der Waals surface area contributed by atoms with Gasteiger partial charge in [-0.15, -0.1) is 0 Å². The molecule has 0 aliphatic heterocycles. The number of amides is 2. The summed E-state index contributed by atoms with van der Waals surface area (Å²) in [5, 5.41) is 16.0. The second-order valence-corrected chi connectivity index (χ2v) is 12.5. The third-order valence-electron chi connectivity index (χ3n) is 7.64. The second kappa shape index (κ2) is 13.4. The van der Waals surface area contributed by atoms with Gasteiger partial charge in [0.05, 0.1) is 22.3 Å². The Morgan fingerprint density at radius 3 is 2.40 bits per heavy atom. The lowest BCUT2D eigenvalue weighted by molar-refractivity contribution is -0.142. The number of aromatic nitrogens is 3. The zero-order valence-corrected chi connectivity index (χ0v) is 27.0. The number of alkyl halides is 5. The maximum Gasteiger partial charge on any atom is 0.435 e. The molecule has 1 aliphatic carbocycles. The Morgan fingerprint density at radius 2 is 1.78 bits per heavy atom.